The Bertz CT molecular complexity index is 404. The summed E-state index contributed by atoms with van der Waals surface area (Å²) in [4.78, 5) is 3.67. The van der Waals surface area contributed by atoms with E-state index in [1.165, 1.54) is 6.20 Å². The van der Waals surface area contributed by atoms with E-state index in [1.807, 2.05) is 0 Å². The Morgan fingerprint density at radius 2 is 2.27 bits per heavy atom. The molecule has 0 saturated carbocycles. The van der Waals surface area contributed by atoms with Gasteiger partial charge in [-0.2, -0.15) is 0 Å². The minimum atomic E-state index is -3.44. The second-order valence-electron chi connectivity index (χ2n) is 2.83. The largest absolute Gasteiger partial charge is 0.330 e. The Hall–Kier alpha value is -0.210. The van der Waals surface area contributed by atoms with Gasteiger partial charge in [-0.15, -0.1) is 0 Å². The number of thiazole rings is 1. The molecule has 1 heterocycles. The van der Waals surface area contributed by atoms with Crippen molar-refractivity contribution in [3.05, 3.63) is 10.7 Å². The summed E-state index contributed by atoms with van der Waals surface area (Å²) in [6, 6.07) is 0. The van der Waals surface area contributed by atoms with Gasteiger partial charge in [-0.3, -0.25) is 0 Å². The van der Waals surface area contributed by atoms with Crippen LogP contribution in [0.4, 0.5) is 0 Å². The van der Waals surface area contributed by atoms with Crippen LogP contribution in [0.1, 0.15) is 12.8 Å². The number of hydrogen-bond acceptors (Lipinski definition) is 5. The van der Waals surface area contributed by atoms with Crippen molar-refractivity contribution in [1.82, 2.24) is 9.71 Å². The van der Waals surface area contributed by atoms with Crippen LogP contribution >= 0.6 is 22.9 Å². The maximum absolute atomic E-state index is 11.6. The first-order valence-corrected chi connectivity index (χ1v) is 7.05. The normalized spacial score (nSPS) is 11.9. The van der Waals surface area contributed by atoms with Gasteiger partial charge in [-0.25, -0.2) is 18.1 Å². The lowest BCUT2D eigenvalue weighted by Gasteiger charge is -2.02. The fraction of sp³-hybridized carbons (Fsp3) is 0.571. The van der Waals surface area contributed by atoms with E-state index in [2.05, 4.69) is 9.71 Å². The van der Waals surface area contributed by atoms with Crippen molar-refractivity contribution in [1.29, 1.82) is 0 Å². The fourth-order valence-electron chi connectivity index (χ4n) is 0.910. The first-order valence-electron chi connectivity index (χ1n) is 4.37. The molecule has 0 amide bonds. The topological polar surface area (TPSA) is 85.1 Å². The van der Waals surface area contributed by atoms with Crippen molar-refractivity contribution in [2.45, 2.75) is 17.1 Å². The van der Waals surface area contributed by atoms with E-state index in [0.29, 0.717) is 13.1 Å². The van der Waals surface area contributed by atoms with E-state index >= 15 is 0 Å². The smallest absolute Gasteiger partial charge is 0.251 e. The lowest BCUT2D eigenvalue weighted by atomic mass is 10.3. The number of nitrogens with zero attached hydrogens (tertiary/aromatic N) is 1. The van der Waals surface area contributed by atoms with Crippen LogP contribution in [0.3, 0.4) is 0 Å². The van der Waals surface area contributed by atoms with E-state index in [1.54, 1.807) is 0 Å². The lowest BCUT2D eigenvalue weighted by Crippen LogP contribution is -2.24. The average molecular weight is 270 g/mol. The predicted octanol–water partition coefficient (Wildman–Crippen LogP) is 0.814. The monoisotopic (exact) mass is 269 g/mol. The standard InChI is InChI=1S/C7H12ClN3O2S2/c8-7-10-5-6(14-7)15(12,13)11-4-2-1-3-9/h5,11H,1-4,9H2. The Kier molecular flexibility index (Phi) is 4.94. The second-order valence-corrected chi connectivity index (χ2v) is 6.43. The molecule has 1 aromatic rings. The number of halogens is 1. The van der Waals surface area contributed by atoms with Crippen LogP contribution in [-0.2, 0) is 10.0 Å². The van der Waals surface area contributed by atoms with E-state index in [0.717, 1.165) is 24.2 Å². The summed E-state index contributed by atoms with van der Waals surface area (Å²) in [7, 11) is -3.44. The van der Waals surface area contributed by atoms with Gasteiger partial charge in [0.15, 0.2) is 8.68 Å². The summed E-state index contributed by atoms with van der Waals surface area (Å²) in [6.07, 6.45) is 2.77. The summed E-state index contributed by atoms with van der Waals surface area (Å²) in [5.74, 6) is 0. The number of unbranched alkanes of at least 4 members (excludes halogenated alkanes) is 1. The summed E-state index contributed by atoms with van der Waals surface area (Å²) in [5, 5.41) is 0. The van der Waals surface area contributed by atoms with Crippen molar-refractivity contribution in [2.75, 3.05) is 13.1 Å². The molecule has 0 bridgehead atoms. The molecule has 0 aliphatic rings. The van der Waals surface area contributed by atoms with Gasteiger partial charge in [-0.05, 0) is 19.4 Å². The van der Waals surface area contributed by atoms with E-state index in [9.17, 15) is 8.42 Å². The van der Waals surface area contributed by atoms with Crippen LogP contribution in [-0.4, -0.2) is 26.5 Å². The predicted molar refractivity (Wildman–Crippen MR) is 60.6 cm³/mol. The molecule has 1 aromatic heterocycles. The fourth-order valence-corrected chi connectivity index (χ4v) is 3.32. The highest BCUT2D eigenvalue weighted by molar-refractivity contribution is 7.91. The molecule has 0 unspecified atom stereocenters. The summed E-state index contributed by atoms with van der Waals surface area (Å²) in [5.41, 5.74) is 5.29. The molecule has 0 aliphatic heterocycles. The first-order chi connectivity index (χ1) is 7.06. The molecule has 5 nitrogen and oxygen atoms in total. The Balaban J connectivity index is 2.53. The number of rotatable bonds is 6. The van der Waals surface area contributed by atoms with Gasteiger partial charge in [0, 0.05) is 6.54 Å². The van der Waals surface area contributed by atoms with E-state index in [4.69, 9.17) is 17.3 Å². The quantitative estimate of drug-likeness (QED) is 0.749. The Labute approximate surface area is 97.7 Å². The van der Waals surface area contributed by atoms with Crippen molar-refractivity contribution < 1.29 is 8.42 Å². The Morgan fingerprint density at radius 3 is 2.80 bits per heavy atom. The highest BCUT2D eigenvalue weighted by Crippen LogP contribution is 2.21. The molecule has 0 atom stereocenters. The molecule has 15 heavy (non-hydrogen) atoms. The maximum Gasteiger partial charge on any atom is 0.251 e. The minimum Gasteiger partial charge on any atom is -0.330 e. The molecule has 0 aliphatic carbocycles. The number of nitrogens with one attached hydrogen (secondary N) is 1. The van der Waals surface area contributed by atoms with Gasteiger partial charge in [-0.1, -0.05) is 22.9 Å². The number of aromatic nitrogens is 1. The summed E-state index contributed by atoms with van der Waals surface area (Å²) in [6.45, 7) is 0.948. The molecule has 0 saturated heterocycles. The number of nitrogens with two attached hydrogens (primary N) is 1. The van der Waals surface area contributed by atoms with E-state index < -0.39 is 10.0 Å². The van der Waals surface area contributed by atoms with Gasteiger partial charge < -0.3 is 5.73 Å². The molecule has 3 N–H and O–H groups in total. The van der Waals surface area contributed by atoms with Crippen LogP contribution in [0.2, 0.25) is 4.47 Å². The van der Waals surface area contributed by atoms with Gasteiger partial charge >= 0.3 is 0 Å². The number of hydrogen-bond donors (Lipinski definition) is 2. The van der Waals surface area contributed by atoms with Gasteiger partial charge in [0.2, 0.25) is 0 Å². The zero-order valence-electron chi connectivity index (χ0n) is 7.94. The second kappa shape index (κ2) is 5.76. The van der Waals surface area contributed by atoms with Crippen LogP contribution in [0.15, 0.2) is 10.4 Å². The van der Waals surface area contributed by atoms with Gasteiger partial charge in [0.05, 0.1) is 6.20 Å². The number of sulfonamides is 1. The highest BCUT2D eigenvalue weighted by Gasteiger charge is 2.16. The molecular formula is C7H12ClN3O2S2. The van der Waals surface area contributed by atoms with Crippen LogP contribution in [0.25, 0.3) is 0 Å². The van der Waals surface area contributed by atoms with E-state index in [-0.39, 0.29) is 8.68 Å². The molecule has 0 radical (unpaired) electrons. The molecule has 0 spiro atoms. The van der Waals surface area contributed by atoms with Crippen LogP contribution in [0.5, 0.6) is 0 Å². The zero-order chi connectivity index (χ0) is 11.3. The molecule has 86 valence electrons. The SMILES string of the molecule is NCCCCNS(=O)(=O)c1cnc(Cl)s1. The zero-order valence-corrected chi connectivity index (χ0v) is 10.3. The molecule has 8 heteroatoms. The lowest BCUT2D eigenvalue weighted by molar-refractivity contribution is 0.579. The van der Waals surface area contributed by atoms with Crippen molar-refractivity contribution in [3.63, 3.8) is 0 Å². The first kappa shape index (κ1) is 12.9. The highest BCUT2D eigenvalue weighted by atomic mass is 35.5. The summed E-state index contributed by atoms with van der Waals surface area (Å²) >= 11 is 6.49. The minimum absolute atomic E-state index is 0.139. The van der Waals surface area contributed by atoms with Crippen LogP contribution < -0.4 is 10.5 Å². The third-order valence-electron chi connectivity index (χ3n) is 1.64. The van der Waals surface area contributed by atoms with Crippen molar-refractivity contribution in [2.24, 2.45) is 5.73 Å². The Morgan fingerprint density at radius 1 is 1.53 bits per heavy atom. The molecule has 0 aromatic carbocycles. The van der Waals surface area contributed by atoms with Crippen molar-refractivity contribution in [3.8, 4) is 0 Å². The molecular weight excluding hydrogens is 258 g/mol. The maximum atomic E-state index is 11.6. The average Bonchev–Trinajstić information content (AvgIpc) is 2.60. The molecule has 1 rings (SSSR count). The van der Waals surface area contributed by atoms with Gasteiger partial charge in [0.25, 0.3) is 10.0 Å². The molecule has 0 fully saturated rings. The van der Waals surface area contributed by atoms with Gasteiger partial charge in [0.1, 0.15) is 0 Å². The third kappa shape index (κ3) is 4.04. The third-order valence-corrected chi connectivity index (χ3v) is 4.68. The van der Waals surface area contributed by atoms with Crippen LogP contribution in [0, 0.1) is 0 Å². The summed E-state index contributed by atoms with van der Waals surface area (Å²) < 4.78 is 26.0. The van der Waals surface area contributed by atoms with Crippen molar-refractivity contribution >= 4 is 33.0 Å².